The highest BCUT2D eigenvalue weighted by molar-refractivity contribution is 7.99. The second-order valence-corrected chi connectivity index (χ2v) is 9.38. The zero-order valence-corrected chi connectivity index (χ0v) is 17.9. The average molecular weight is 411 g/mol. The number of pyridine rings is 1. The normalized spacial score (nSPS) is 15.4. The molecule has 3 rings (SSSR count). The molecule has 0 fully saturated rings. The zero-order chi connectivity index (χ0) is 20.3. The largest absolute Gasteiger partial charge is 0.317 e. The number of nitriles is 2. The molecule has 1 atom stereocenters. The first-order valence-corrected chi connectivity index (χ1v) is 11.1. The highest BCUT2D eigenvalue weighted by Crippen LogP contribution is 2.39. The van der Waals surface area contributed by atoms with E-state index >= 15 is 0 Å². The van der Waals surface area contributed by atoms with E-state index in [1.54, 1.807) is 11.3 Å². The molecule has 1 amide bonds. The van der Waals surface area contributed by atoms with Crippen LogP contribution >= 0.6 is 23.1 Å². The van der Waals surface area contributed by atoms with Crippen molar-refractivity contribution in [2.75, 3.05) is 11.1 Å². The molecule has 1 unspecified atom stereocenters. The number of aryl methyl sites for hydroxylation is 2. The molecule has 28 heavy (non-hydrogen) atoms. The Bertz CT molecular complexity index is 997. The van der Waals surface area contributed by atoms with Gasteiger partial charge in [-0.15, -0.1) is 23.1 Å². The molecule has 2 aromatic heterocycles. The van der Waals surface area contributed by atoms with Gasteiger partial charge in [0.15, 0.2) is 0 Å². The van der Waals surface area contributed by atoms with E-state index in [0.29, 0.717) is 39.2 Å². The van der Waals surface area contributed by atoms with E-state index in [1.165, 1.54) is 16.6 Å². The molecule has 2 heterocycles. The Kier molecular flexibility index (Phi) is 6.39. The molecule has 2 aromatic rings. The molecule has 0 bridgehead atoms. The molecule has 1 N–H and O–H groups in total. The average Bonchev–Trinajstić information content (AvgIpc) is 2.97. The minimum absolute atomic E-state index is 0.112. The van der Waals surface area contributed by atoms with Crippen molar-refractivity contribution in [3.05, 3.63) is 38.9 Å². The summed E-state index contributed by atoms with van der Waals surface area (Å²) >= 11 is 2.96. The van der Waals surface area contributed by atoms with Crippen LogP contribution in [0.2, 0.25) is 0 Å². The number of hydrogen-bond donors (Lipinski definition) is 1. The van der Waals surface area contributed by atoms with Gasteiger partial charge in [-0.1, -0.05) is 6.92 Å². The minimum Gasteiger partial charge on any atom is -0.317 e. The molecule has 0 aromatic carbocycles. The third-order valence-electron chi connectivity index (χ3n) is 4.87. The Balaban J connectivity index is 1.64. The SMILES string of the molecule is Cc1cc(C)c(C#N)c(SCCC(=O)Nc2sc3c(c2C#N)CCC(C)C3)n1. The number of fused-ring (bicyclic) bond motifs is 1. The summed E-state index contributed by atoms with van der Waals surface area (Å²) in [6.07, 6.45) is 3.28. The smallest absolute Gasteiger partial charge is 0.225 e. The summed E-state index contributed by atoms with van der Waals surface area (Å²) in [5, 5.41) is 23.2. The van der Waals surface area contributed by atoms with Gasteiger partial charge in [-0.2, -0.15) is 10.5 Å². The fraction of sp³-hybridized carbons (Fsp3) is 0.429. The van der Waals surface area contributed by atoms with E-state index in [0.717, 1.165) is 36.1 Å². The maximum Gasteiger partial charge on any atom is 0.225 e. The third kappa shape index (κ3) is 4.38. The van der Waals surface area contributed by atoms with Gasteiger partial charge in [-0.25, -0.2) is 4.98 Å². The number of aromatic nitrogens is 1. The molecule has 0 saturated heterocycles. The van der Waals surface area contributed by atoms with E-state index in [2.05, 4.69) is 29.4 Å². The van der Waals surface area contributed by atoms with Crippen molar-refractivity contribution in [2.24, 2.45) is 5.92 Å². The highest BCUT2D eigenvalue weighted by atomic mass is 32.2. The number of rotatable bonds is 5. The Morgan fingerprint density at radius 2 is 2.11 bits per heavy atom. The number of thiophene rings is 1. The third-order valence-corrected chi connectivity index (χ3v) is 7.01. The van der Waals surface area contributed by atoms with E-state index in [9.17, 15) is 15.3 Å². The molecule has 144 valence electrons. The number of nitrogens with zero attached hydrogens (tertiary/aromatic N) is 3. The molecular weight excluding hydrogens is 388 g/mol. The van der Waals surface area contributed by atoms with E-state index in [-0.39, 0.29) is 5.91 Å². The molecule has 7 heteroatoms. The minimum atomic E-state index is -0.112. The van der Waals surface area contributed by atoms with Crippen molar-refractivity contribution in [3.8, 4) is 12.1 Å². The van der Waals surface area contributed by atoms with E-state index in [1.807, 2.05) is 19.9 Å². The molecule has 0 spiro atoms. The Morgan fingerprint density at radius 3 is 2.82 bits per heavy atom. The quantitative estimate of drug-likeness (QED) is 0.719. The van der Waals surface area contributed by atoms with Crippen LogP contribution in [0.5, 0.6) is 0 Å². The molecule has 0 radical (unpaired) electrons. The number of nitrogens with one attached hydrogen (secondary N) is 1. The number of amides is 1. The summed E-state index contributed by atoms with van der Waals surface area (Å²) in [6, 6.07) is 6.36. The first-order valence-electron chi connectivity index (χ1n) is 9.28. The first-order chi connectivity index (χ1) is 13.4. The van der Waals surface area contributed by atoms with Crippen LogP contribution in [0, 0.1) is 42.4 Å². The van der Waals surface area contributed by atoms with Gasteiger partial charge < -0.3 is 5.32 Å². The second kappa shape index (κ2) is 8.77. The second-order valence-electron chi connectivity index (χ2n) is 7.19. The highest BCUT2D eigenvalue weighted by Gasteiger charge is 2.24. The van der Waals surface area contributed by atoms with Crippen LogP contribution in [0.1, 0.15) is 52.6 Å². The summed E-state index contributed by atoms with van der Waals surface area (Å²) in [5.41, 5.74) is 4.09. The molecule has 1 aliphatic rings. The summed E-state index contributed by atoms with van der Waals surface area (Å²) in [6.45, 7) is 6.02. The maximum atomic E-state index is 12.4. The maximum absolute atomic E-state index is 12.4. The predicted molar refractivity (Wildman–Crippen MR) is 113 cm³/mol. The van der Waals surface area contributed by atoms with Crippen LogP contribution in [0.4, 0.5) is 5.00 Å². The van der Waals surface area contributed by atoms with Gasteiger partial charge in [-0.3, -0.25) is 4.79 Å². The summed E-state index contributed by atoms with van der Waals surface area (Å²) in [7, 11) is 0. The molecule has 0 aliphatic heterocycles. The monoisotopic (exact) mass is 410 g/mol. The van der Waals surface area contributed by atoms with Crippen LogP contribution in [0.15, 0.2) is 11.1 Å². The lowest BCUT2D eigenvalue weighted by molar-refractivity contribution is -0.115. The van der Waals surface area contributed by atoms with Gasteiger partial charge in [0.2, 0.25) is 5.91 Å². The van der Waals surface area contributed by atoms with E-state index < -0.39 is 0 Å². The molecule has 5 nitrogen and oxygen atoms in total. The van der Waals surface area contributed by atoms with Crippen molar-refractivity contribution < 1.29 is 4.79 Å². The molecule has 1 aliphatic carbocycles. The van der Waals surface area contributed by atoms with Crippen LogP contribution < -0.4 is 5.32 Å². The van der Waals surface area contributed by atoms with Gasteiger partial charge in [0.1, 0.15) is 22.2 Å². The lowest BCUT2D eigenvalue weighted by Crippen LogP contribution is -2.12. The van der Waals surface area contributed by atoms with Gasteiger partial charge in [0, 0.05) is 22.7 Å². The van der Waals surface area contributed by atoms with Crippen molar-refractivity contribution in [2.45, 2.75) is 51.5 Å². The molecule has 0 saturated carbocycles. The lowest BCUT2D eigenvalue weighted by atomic mass is 9.89. The number of anilines is 1. The Hall–Kier alpha value is -2.35. The van der Waals surface area contributed by atoms with Gasteiger partial charge >= 0.3 is 0 Å². The topological polar surface area (TPSA) is 89.6 Å². The zero-order valence-electron chi connectivity index (χ0n) is 16.3. The Labute approximate surface area is 173 Å². The summed E-state index contributed by atoms with van der Waals surface area (Å²) in [5.74, 6) is 1.04. The number of thioether (sulfide) groups is 1. The van der Waals surface area contributed by atoms with Crippen LogP contribution in [-0.2, 0) is 17.6 Å². The number of hydrogen-bond acceptors (Lipinski definition) is 6. The summed E-state index contributed by atoms with van der Waals surface area (Å²) < 4.78 is 0. The molecular formula is C21H22N4OS2. The fourth-order valence-electron chi connectivity index (χ4n) is 3.43. The number of carbonyl (C=O) groups is 1. The van der Waals surface area contributed by atoms with E-state index in [4.69, 9.17) is 0 Å². The van der Waals surface area contributed by atoms with Crippen molar-refractivity contribution >= 4 is 34.0 Å². The Morgan fingerprint density at radius 1 is 1.36 bits per heavy atom. The van der Waals surface area contributed by atoms with Crippen LogP contribution in [0.3, 0.4) is 0 Å². The lowest BCUT2D eigenvalue weighted by Gasteiger charge is -2.17. The van der Waals surface area contributed by atoms with Gasteiger partial charge in [-0.05, 0) is 56.2 Å². The fourth-order valence-corrected chi connectivity index (χ4v) is 5.85. The van der Waals surface area contributed by atoms with Crippen LogP contribution in [-0.4, -0.2) is 16.6 Å². The van der Waals surface area contributed by atoms with Gasteiger partial charge in [0.05, 0.1) is 11.1 Å². The van der Waals surface area contributed by atoms with Crippen LogP contribution in [0.25, 0.3) is 0 Å². The van der Waals surface area contributed by atoms with Crippen molar-refractivity contribution in [3.63, 3.8) is 0 Å². The van der Waals surface area contributed by atoms with Crippen molar-refractivity contribution in [1.82, 2.24) is 4.98 Å². The van der Waals surface area contributed by atoms with Gasteiger partial charge in [0.25, 0.3) is 0 Å². The first kappa shape index (κ1) is 20.4. The van der Waals surface area contributed by atoms with Crippen molar-refractivity contribution in [1.29, 1.82) is 10.5 Å². The standard InChI is InChI=1S/C21H22N4OS2/c1-12-4-5-15-17(11-23)21(28-18(15)8-12)25-19(26)6-7-27-20-16(10-22)13(2)9-14(3)24-20/h9,12H,4-8H2,1-3H3,(H,25,26). The predicted octanol–water partition coefficient (Wildman–Crippen LogP) is 4.75. The summed E-state index contributed by atoms with van der Waals surface area (Å²) in [4.78, 5) is 18.1. The number of carbonyl (C=O) groups excluding carboxylic acids is 1.